The second-order valence-corrected chi connectivity index (χ2v) is 5.36. The van der Waals surface area contributed by atoms with Gasteiger partial charge >= 0.3 is 0 Å². The van der Waals surface area contributed by atoms with Gasteiger partial charge in [0.15, 0.2) is 5.76 Å². The Balaban J connectivity index is 1.66. The van der Waals surface area contributed by atoms with Crippen LogP contribution in [0.3, 0.4) is 0 Å². The maximum Gasteiger partial charge on any atom is 0.289 e. The van der Waals surface area contributed by atoms with Gasteiger partial charge in [-0.2, -0.15) is 0 Å². The average molecular weight is 300 g/mol. The predicted octanol–water partition coefficient (Wildman–Crippen LogP) is 2.56. The fraction of sp³-hybridized carbons (Fsp3) is 0.353. The molecule has 1 aliphatic heterocycles. The summed E-state index contributed by atoms with van der Waals surface area (Å²) in [6.45, 7) is 4.77. The lowest BCUT2D eigenvalue weighted by Gasteiger charge is -2.36. The van der Waals surface area contributed by atoms with E-state index in [4.69, 9.17) is 9.15 Å². The van der Waals surface area contributed by atoms with Gasteiger partial charge in [-0.1, -0.05) is 12.1 Å². The van der Waals surface area contributed by atoms with Gasteiger partial charge in [-0.15, -0.1) is 0 Å². The van der Waals surface area contributed by atoms with Crippen molar-refractivity contribution in [2.75, 3.05) is 38.2 Å². The third kappa shape index (κ3) is 2.79. The molecular formula is C17H20N2O3. The van der Waals surface area contributed by atoms with E-state index in [0.29, 0.717) is 18.8 Å². The number of carbonyl (C=O) groups is 1. The van der Waals surface area contributed by atoms with Crippen molar-refractivity contribution in [1.82, 2.24) is 4.90 Å². The summed E-state index contributed by atoms with van der Waals surface area (Å²) in [5.74, 6) is 2.01. The van der Waals surface area contributed by atoms with Crippen molar-refractivity contribution in [1.29, 1.82) is 0 Å². The van der Waals surface area contributed by atoms with E-state index < -0.39 is 0 Å². The van der Waals surface area contributed by atoms with Crippen LogP contribution in [0.4, 0.5) is 5.69 Å². The zero-order valence-corrected chi connectivity index (χ0v) is 12.9. The van der Waals surface area contributed by atoms with E-state index in [1.807, 2.05) is 42.2 Å². The van der Waals surface area contributed by atoms with Crippen LogP contribution in [0, 0.1) is 6.92 Å². The van der Waals surface area contributed by atoms with Crippen LogP contribution >= 0.6 is 0 Å². The smallest absolute Gasteiger partial charge is 0.289 e. The maximum absolute atomic E-state index is 12.4. The summed E-state index contributed by atoms with van der Waals surface area (Å²) in [5, 5.41) is 0. The van der Waals surface area contributed by atoms with Crippen molar-refractivity contribution < 1.29 is 13.9 Å². The van der Waals surface area contributed by atoms with Gasteiger partial charge in [0.05, 0.1) is 12.8 Å². The molecule has 0 N–H and O–H groups in total. The minimum Gasteiger partial charge on any atom is -0.495 e. The first-order valence-electron chi connectivity index (χ1n) is 7.42. The molecule has 116 valence electrons. The van der Waals surface area contributed by atoms with Gasteiger partial charge in [-0.05, 0) is 31.2 Å². The molecule has 22 heavy (non-hydrogen) atoms. The molecule has 1 fully saturated rings. The highest BCUT2D eigenvalue weighted by Crippen LogP contribution is 2.28. The minimum atomic E-state index is -0.0345. The summed E-state index contributed by atoms with van der Waals surface area (Å²) >= 11 is 0. The number of furan rings is 1. The zero-order valence-electron chi connectivity index (χ0n) is 12.9. The Kier molecular flexibility index (Phi) is 4.04. The molecule has 2 heterocycles. The Morgan fingerprint density at radius 2 is 1.82 bits per heavy atom. The van der Waals surface area contributed by atoms with Crippen molar-refractivity contribution in [3.63, 3.8) is 0 Å². The molecular weight excluding hydrogens is 280 g/mol. The second-order valence-electron chi connectivity index (χ2n) is 5.36. The van der Waals surface area contributed by atoms with Gasteiger partial charge < -0.3 is 19.0 Å². The number of anilines is 1. The SMILES string of the molecule is COc1ccccc1N1CCN(C(=O)c2ccc(C)o2)CC1. The molecule has 0 aliphatic carbocycles. The molecule has 2 aromatic rings. The second kappa shape index (κ2) is 6.13. The molecule has 1 saturated heterocycles. The summed E-state index contributed by atoms with van der Waals surface area (Å²) in [4.78, 5) is 16.5. The topological polar surface area (TPSA) is 45.9 Å². The molecule has 0 atom stereocenters. The highest BCUT2D eigenvalue weighted by molar-refractivity contribution is 5.91. The lowest BCUT2D eigenvalue weighted by Crippen LogP contribution is -2.48. The number of piperazine rings is 1. The lowest BCUT2D eigenvalue weighted by atomic mass is 10.2. The van der Waals surface area contributed by atoms with Crippen molar-refractivity contribution in [2.24, 2.45) is 0 Å². The van der Waals surface area contributed by atoms with Crippen LogP contribution in [0.25, 0.3) is 0 Å². The summed E-state index contributed by atoms with van der Waals surface area (Å²) in [5.41, 5.74) is 1.07. The quantitative estimate of drug-likeness (QED) is 0.874. The van der Waals surface area contributed by atoms with E-state index in [-0.39, 0.29) is 5.91 Å². The van der Waals surface area contributed by atoms with E-state index in [2.05, 4.69) is 4.90 Å². The monoisotopic (exact) mass is 300 g/mol. The number of nitrogens with zero attached hydrogens (tertiary/aromatic N) is 2. The van der Waals surface area contributed by atoms with Crippen LogP contribution in [-0.4, -0.2) is 44.1 Å². The number of ether oxygens (including phenoxy) is 1. The van der Waals surface area contributed by atoms with E-state index in [0.717, 1.165) is 30.3 Å². The normalized spacial score (nSPS) is 15.0. The summed E-state index contributed by atoms with van der Waals surface area (Å²) < 4.78 is 10.8. The summed E-state index contributed by atoms with van der Waals surface area (Å²) in [6, 6.07) is 11.5. The molecule has 0 saturated carbocycles. The maximum atomic E-state index is 12.4. The molecule has 5 heteroatoms. The first-order valence-corrected chi connectivity index (χ1v) is 7.42. The first-order chi connectivity index (χ1) is 10.7. The van der Waals surface area contributed by atoms with Crippen LogP contribution < -0.4 is 9.64 Å². The average Bonchev–Trinajstić information content (AvgIpc) is 3.01. The van der Waals surface area contributed by atoms with Crippen molar-refractivity contribution in [3.8, 4) is 5.75 Å². The van der Waals surface area contributed by atoms with Gasteiger partial charge in [0, 0.05) is 26.2 Å². The van der Waals surface area contributed by atoms with Gasteiger partial charge in [0.2, 0.25) is 0 Å². The van der Waals surface area contributed by atoms with Crippen LogP contribution in [0.1, 0.15) is 16.3 Å². The number of aryl methyl sites for hydroxylation is 1. The van der Waals surface area contributed by atoms with E-state index >= 15 is 0 Å². The van der Waals surface area contributed by atoms with Crippen molar-refractivity contribution in [3.05, 3.63) is 47.9 Å². The minimum absolute atomic E-state index is 0.0345. The molecule has 0 radical (unpaired) electrons. The predicted molar refractivity (Wildman–Crippen MR) is 84.6 cm³/mol. The molecule has 5 nitrogen and oxygen atoms in total. The zero-order chi connectivity index (χ0) is 15.5. The number of carbonyl (C=O) groups excluding carboxylic acids is 1. The molecule has 0 unspecified atom stereocenters. The first kappa shape index (κ1) is 14.5. The standard InChI is InChI=1S/C17H20N2O3/c1-13-7-8-16(22-13)17(20)19-11-9-18(10-12-19)14-5-3-4-6-15(14)21-2/h3-8H,9-12H2,1-2H3. The van der Waals surface area contributed by atoms with Gasteiger partial charge in [0.25, 0.3) is 5.91 Å². The number of para-hydroxylation sites is 2. The Morgan fingerprint density at radius 3 is 2.45 bits per heavy atom. The third-order valence-corrected chi connectivity index (χ3v) is 3.94. The molecule has 1 aromatic heterocycles. The highest BCUT2D eigenvalue weighted by atomic mass is 16.5. The highest BCUT2D eigenvalue weighted by Gasteiger charge is 2.25. The fourth-order valence-electron chi connectivity index (χ4n) is 2.75. The molecule has 1 amide bonds. The Labute approximate surface area is 130 Å². The van der Waals surface area contributed by atoms with E-state index in [1.165, 1.54) is 0 Å². The third-order valence-electron chi connectivity index (χ3n) is 3.94. The molecule has 1 aromatic carbocycles. The Hall–Kier alpha value is -2.43. The van der Waals surface area contributed by atoms with Crippen molar-refractivity contribution in [2.45, 2.75) is 6.92 Å². The summed E-state index contributed by atoms with van der Waals surface area (Å²) in [6.07, 6.45) is 0. The molecule has 0 bridgehead atoms. The number of hydrogen-bond acceptors (Lipinski definition) is 4. The Morgan fingerprint density at radius 1 is 1.09 bits per heavy atom. The van der Waals surface area contributed by atoms with Gasteiger partial charge in [-0.3, -0.25) is 4.79 Å². The molecule has 3 rings (SSSR count). The van der Waals surface area contributed by atoms with Crippen LogP contribution in [-0.2, 0) is 0 Å². The molecule has 0 spiro atoms. The van der Waals surface area contributed by atoms with E-state index in [9.17, 15) is 4.79 Å². The van der Waals surface area contributed by atoms with Crippen LogP contribution in [0.5, 0.6) is 5.75 Å². The van der Waals surface area contributed by atoms with E-state index in [1.54, 1.807) is 13.2 Å². The Bertz CT molecular complexity index is 657. The summed E-state index contributed by atoms with van der Waals surface area (Å²) in [7, 11) is 1.68. The largest absolute Gasteiger partial charge is 0.495 e. The lowest BCUT2D eigenvalue weighted by molar-refractivity contribution is 0.0713. The van der Waals surface area contributed by atoms with Crippen molar-refractivity contribution >= 4 is 11.6 Å². The van der Waals surface area contributed by atoms with Gasteiger partial charge in [0.1, 0.15) is 11.5 Å². The van der Waals surface area contributed by atoms with Crippen LogP contribution in [0.15, 0.2) is 40.8 Å². The van der Waals surface area contributed by atoms with Gasteiger partial charge in [-0.25, -0.2) is 0 Å². The number of amides is 1. The number of rotatable bonds is 3. The van der Waals surface area contributed by atoms with Crippen LogP contribution in [0.2, 0.25) is 0 Å². The number of hydrogen-bond donors (Lipinski definition) is 0. The fourth-order valence-corrected chi connectivity index (χ4v) is 2.75. The number of methoxy groups -OCH3 is 1. The number of benzene rings is 1. The molecule has 1 aliphatic rings.